The number of carbonyl (C=O) groups is 3. The van der Waals surface area contributed by atoms with Crippen molar-refractivity contribution in [2.24, 2.45) is 0 Å². The van der Waals surface area contributed by atoms with Gasteiger partial charge in [0.15, 0.2) is 0 Å². The molecule has 2 aromatic carbocycles. The summed E-state index contributed by atoms with van der Waals surface area (Å²) in [4.78, 5) is 38.5. The number of nitrogens with one attached hydrogen (secondary N) is 1. The van der Waals surface area contributed by atoms with Crippen LogP contribution in [0.15, 0.2) is 70.2 Å². The molecular formula is C29H36BrN5O3. The number of pyridine rings is 1. The van der Waals surface area contributed by atoms with Crippen molar-refractivity contribution in [3.05, 3.63) is 81.3 Å². The van der Waals surface area contributed by atoms with E-state index in [4.69, 9.17) is 10.5 Å². The van der Waals surface area contributed by atoms with E-state index >= 15 is 0 Å². The van der Waals surface area contributed by atoms with Gasteiger partial charge in [0.05, 0.1) is 5.52 Å². The molecule has 1 saturated heterocycles. The maximum atomic E-state index is 10.6. The van der Waals surface area contributed by atoms with E-state index in [0.29, 0.717) is 17.0 Å². The predicted molar refractivity (Wildman–Crippen MR) is 156 cm³/mol. The Hall–Kier alpha value is -3.40. The lowest BCUT2D eigenvalue weighted by Gasteiger charge is -2.32. The lowest BCUT2D eigenvalue weighted by Crippen LogP contribution is -2.43. The molecule has 0 unspecified atom stereocenters. The summed E-state index contributed by atoms with van der Waals surface area (Å²) in [7, 11) is 2.18. The van der Waals surface area contributed by atoms with Crippen molar-refractivity contribution in [3.8, 4) is 0 Å². The molecule has 9 heteroatoms. The predicted octanol–water partition coefficient (Wildman–Crippen LogP) is 4.12. The second kappa shape index (κ2) is 15.1. The molecule has 2 amide bonds. The third-order valence-electron chi connectivity index (χ3n) is 6.28. The number of halogens is 1. The summed E-state index contributed by atoms with van der Waals surface area (Å²) in [6, 6.07) is 18.5. The lowest BCUT2D eigenvalue weighted by atomic mass is 10.1. The van der Waals surface area contributed by atoms with Gasteiger partial charge in [0, 0.05) is 53.7 Å². The molecule has 3 heterocycles. The molecule has 8 nitrogen and oxygen atoms in total. The van der Waals surface area contributed by atoms with E-state index in [1.807, 2.05) is 37.1 Å². The molecule has 0 bridgehead atoms. The number of nitrogens with two attached hydrogens (primary N) is 1. The van der Waals surface area contributed by atoms with Crippen molar-refractivity contribution in [1.29, 1.82) is 0 Å². The van der Waals surface area contributed by atoms with Crippen LogP contribution in [-0.4, -0.2) is 66.6 Å². The van der Waals surface area contributed by atoms with Gasteiger partial charge in [-0.25, -0.2) is 4.98 Å². The van der Waals surface area contributed by atoms with Crippen molar-refractivity contribution < 1.29 is 14.4 Å². The highest BCUT2D eigenvalue weighted by Gasteiger charge is 2.22. The first-order chi connectivity index (χ1) is 18.1. The molecule has 0 atom stereocenters. The van der Waals surface area contributed by atoms with Gasteiger partial charge in [0.1, 0.15) is 12.6 Å². The van der Waals surface area contributed by atoms with Crippen molar-refractivity contribution in [2.75, 3.05) is 39.0 Å². The van der Waals surface area contributed by atoms with Crippen LogP contribution in [0, 0.1) is 6.92 Å². The van der Waals surface area contributed by atoms with Gasteiger partial charge in [-0.3, -0.25) is 19.8 Å². The van der Waals surface area contributed by atoms with E-state index in [2.05, 4.69) is 74.3 Å². The van der Waals surface area contributed by atoms with Gasteiger partial charge < -0.3 is 15.4 Å². The van der Waals surface area contributed by atoms with Crippen molar-refractivity contribution >= 4 is 51.3 Å². The Balaban J connectivity index is 0.000000232. The highest BCUT2D eigenvalue weighted by Crippen LogP contribution is 2.24. The number of hydrogen-bond acceptors (Lipinski definition) is 7. The van der Waals surface area contributed by atoms with E-state index in [-0.39, 0.29) is 11.8 Å². The maximum absolute atomic E-state index is 10.6. The van der Waals surface area contributed by atoms with Crippen molar-refractivity contribution in [1.82, 2.24) is 20.1 Å². The molecule has 3 aromatic rings. The molecule has 202 valence electrons. The van der Waals surface area contributed by atoms with E-state index in [0.717, 1.165) is 42.7 Å². The molecule has 0 saturated carbocycles. The molecule has 1 aromatic heterocycles. The Bertz CT molecular complexity index is 1240. The highest BCUT2D eigenvalue weighted by atomic mass is 79.9. The topological polar surface area (TPSA) is 109 Å². The molecule has 38 heavy (non-hydrogen) atoms. The number of rotatable bonds is 2. The van der Waals surface area contributed by atoms with E-state index in [1.165, 1.54) is 16.5 Å². The van der Waals surface area contributed by atoms with Crippen LogP contribution in [0.5, 0.6) is 0 Å². The van der Waals surface area contributed by atoms with E-state index in [1.54, 1.807) is 13.8 Å². The molecule has 5 rings (SSSR count). The molecule has 0 spiro atoms. The first-order valence-corrected chi connectivity index (χ1v) is 13.0. The van der Waals surface area contributed by atoms with Crippen LogP contribution in [-0.2, 0) is 20.9 Å². The van der Waals surface area contributed by atoms with Crippen LogP contribution < -0.4 is 11.1 Å². The van der Waals surface area contributed by atoms with Crippen LogP contribution in [0.25, 0.3) is 10.9 Å². The van der Waals surface area contributed by atoms with Gasteiger partial charge in [-0.1, -0.05) is 57.9 Å². The highest BCUT2D eigenvalue weighted by molar-refractivity contribution is 9.10. The number of nitrogens with zero attached hydrogens (tertiary/aromatic N) is 3. The first kappa shape index (κ1) is 30.8. The largest absolute Gasteiger partial charge is 0.384 e. The maximum Gasteiger partial charge on any atom is 0.254 e. The number of benzene rings is 2. The Labute approximate surface area is 233 Å². The molecule has 1 fully saturated rings. The zero-order valence-corrected chi connectivity index (χ0v) is 24.0. The van der Waals surface area contributed by atoms with Crippen molar-refractivity contribution in [2.45, 2.75) is 27.3 Å². The number of hydrogen-bond donors (Lipinski definition) is 2. The number of imide groups is 1. The summed E-state index contributed by atoms with van der Waals surface area (Å²) in [5.41, 5.74) is 10.6. The minimum atomic E-state index is -0.266. The van der Waals surface area contributed by atoms with E-state index < -0.39 is 0 Å². The summed E-state index contributed by atoms with van der Waals surface area (Å²) < 4.78 is 1.04. The number of aromatic nitrogens is 1. The zero-order valence-electron chi connectivity index (χ0n) is 22.5. The normalized spacial score (nSPS) is 15.5. The number of anilines is 1. The van der Waals surface area contributed by atoms with Crippen LogP contribution in [0.4, 0.5) is 5.82 Å². The lowest BCUT2D eigenvalue weighted by molar-refractivity contribution is -0.124. The van der Waals surface area contributed by atoms with Gasteiger partial charge in [-0.05, 0) is 51.6 Å². The minimum absolute atomic E-state index is 0.266. The summed E-state index contributed by atoms with van der Waals surface area (Å²) in [6.45, 7) is 12.8. The Morgan fingerprint density at radius 3 is 1.97 bits per heavy atom. The molecular weight excluding hydrogens is 546 g/mol. The second-order valence-electron chi connectivity index (χ2n) is 9.14. The molecule has 2 aliphatic heterocycles. The van der Waals surface area contributed by atoms with Gasteiger partial charge in [0.25, 0.3) is 11.8 Å². The van der Waals surface area contributed by atoms with Gasteiger partial charge >= 0.3 is 0 Å². The third-order valence-corrected chi connectivity index (χ3v) is 6.77. The minimum Gasteiger partial charge on any atom is -0.384 e. The number of likely N-dealkylation sites (N-methyl/N-ethyl adjacent to an activating group) is 1. The molecule has 0 aliphatic carbocycles. The van der Waals surface area contributed by atoms with Crippen LogP contribution in [0.3, 0.4) is 0 Å². The summed E-state index contributed by atoms with van der Waals surface area (Å²) in [6.07, 6.45) is 0. The molecule has 3 N–H and O–H groups in total. The SMILES string of the molecule is C=O.CC1=C(C)C(=O)NC1=O.CN1CCN(Cc2cc(N)nc3cc(Br)ccc23)CC1.Cc1ccccc1. The first-order valence-electron chi connectivity index (χ1n) is 12.2. The van der Waals surface area contributed by atoms with Gasteiger partial charge in [0.2, 0.25) is 0 Å². The van der Waals surface area contributed by atoms with Crippen LogP contribution in [0.2, 0.25) is 0 Å². The number of amides is 2. The second-order valence-corrected chi connectivity index (χ2v) is 10.1. The van der Waals surface area contributed by atoms with Gasteiger partial charge in [-0.2, -0.15) is 0 Å². The standard InChI is InChI=1S/C15H19BrN4.C7H8.C6H7NO2.CH2O/c1-19-4-6-20(7-5-19)10-11-8-15(17)18-14-9-12(16)2-3-13(11)14;1-7-5-3-2-4-6-7;1-3-4(2)6(9)7-5(3)8;1-2/h2-3,8-9H,4-7,10H2,1H3,(H2,17,18);2-6H,1H3;1-2H3,(H,7,8,9);1H2. The number of piperazine rings is 1. The zero-order chi connectivity index (χ0) is 28.2. The molecule has 0 radical (unpaired) electrons. The number of nitrogen functional groups attached to an aromatic ring is 1. The Morgan fingerprint density at radius 2 is 1.50 bits per heavy atom. The van der Waals surface area contributed by atoms with Gasteiger partial charge in [-0.15, -0.1) is 0 Å². The number of carbonyl (C=O) groups excluding carboxylic acids is 3. The Kier molecular flexibility index (Phi) is 12.3. The third kappa shape index (κ3) is 9.16. The summed E-state index contributed by atoms with van der Waals surface area (Å²) >= 11 is 3.49. The molecule has 2 aliphatic rings. The van der Waals surface area contributed by atoms with Crippen LogP contribution in [0.1, 0.15) is 25.0 Å². The fourth-order valence-electron chi connectivity index (χ4n) is 3.84. The number of fused-ring (bicyclic) bond motifs is 1. The average molecular weight is 583 g/mol. The van der Waals surface area contributed by atoms with Crippen LogP contribution >= 0.6 is 15.9 Å². The Morgan fingerprint density at radius 1 is 0.921 bits per heavy atom. The van der Waals surface area contributed by atoms with E-state index in [9.17, 15) is 9.59 Å². The average Bonchev–Trinajstić information content (AvgIpc) is 3.12. The quantitative estimate of drug-likeness (QED) is 0.438. The summed E-state index contributed by atoms with van der Waals surface area (Å²) in [5.74, 6) is 0.0646. The fraction of sp³-hybridized carbons (Fsp3) is 0.310. The van der Waals surface area contributed by atoms with Crippen molar-refractivity contribution in [3.63, 3.8) is 0 Å². The number of aryl methyl sites for hydroxylation is 1. The summed E-state index contributed by atoms with van der Waals surface area (Å²) in [5, 5.41) is 3.36. The monoisotopic (exact) mass is 581 g/mol. The fourth-order valence-corrected chi connectivity index (χ4v) is 4.19. The smallest absolute Gasteiger partial charge is 0.254 e.